The molecule has 0 bridgehead atoms. The Balaban J connectivity index is 2.00. The predicted octanol–water partition coefficient (Wildman–Crippen LogP) is 0.898. The minimum absolute atomic E-state index is 0.144. The zero-order valence-corrected chi connectivity index (χ0v) is 10.8. The molecule has 2 rings (SSSR count). The second-order valence-corrected chi connectivity index (χ2v) is 4.42. The SMILES string of the molecule is CC1CCC(C(=O)Nc2cccc(C#CCN)n2)O1. The molecule has 1 amide bonds. The number of pyridine rings is 1. The molecule has 1 aliphatic heterocycles. The Hall–Kier alpha value is -1.90. The summed E-state index contributed by atoms with van der Waals surface area (Å²) in [6, 6.07) is 5.29. The summed E-state index contributed by atoms with van der Waals surface area (Å²) in [5.41, 5.74) is 5.89. The van der Waals surface area contributed by atoms with Gasteiger partial charge in [0.05, 0.1) is 12.6 Å². The van der Waals surface area contributed by atoms with Crippen LogP contribution < -0.4 is 11.1 Å². The maximum Gasteiger partial charge on any atom is 0.254 e. The fourth-order valence-corrected chi connectivity index (χ4v) is 1.92. The lowest BCUT2D eigenvalue weighted by Crippen LogP contribution is -2.28. The van der Waals surface area contributed by atoms with E-state index in [1.165, 1.54) is 0 Å². The standard InChI is InChI=1S/C14H17N3O2/c1-10-7-8-12(19-10)14(18)17-13-6-2-4-11(16-13)5-3-9-15/h2,4,6,10,12H,7-9,15H2,1H3,(H,16,17,18). The number of hydrogen-bond acceptors (Lipinski definition) is 4. The summed E-state index contributed by atoms with van der Waals surface area (Å²) in [6.45, 7) is 2.25. The molecule has 5 nitrogen and oxygen atoms in total. The van der Waals surface area contributed by atoms with Crippen LogP contribution in [0.4, 0.5) is 5.82 Å². The van der Waals surface area contributed by atoms with E-state index in [1.807, 2.05) is 6.92 Å². The van der Waals surface area contributed by atoms with Crippen molar-refractivity contribution in [3.05, 3.63) is 23.9 Å². The number of nitrogens with zero attached hydrogens (tertiary/aromatic N) is 1. The number of amides is 1. The first-order chi connectivity index (χ1) is 9.19. The van der Waals surface area contributed by atoms with E-state index in [2.05, 4.69) is 22.1 Å². The van der Waals surface area contributed by atoms with Gasteiger partial charge in [-0.05, 0) is 37.8 Å². The number of ether oxygens (including phenoxy) is 1. The zero-order chi connectivity index (χ0) is 13.7. The highest BCUT2D eigenvalue weighted by molar-refractivity contribution is 5.93. The molecule has 3 N–H and O–H groups in total. The monoisotopic (exact) mass is 259 g/mol. The molecule has 19 heavy (non-hydrogen) atoms. The Labute approximate surface area is 112 Å². The van der Waals surface area contributed by atoms with Crippen LogP contribution in [0.3, 0.4) is 0 Å². The van der Waals surface area contributed by atoms with Crippen molar-refractivity contribution in [2.75, 3.05) is 11.9 Å². The summed E-state index contributed by atoms with van der Waals surface area (Å²) in [7, 11) is 0. The molecule has 2 unspecified atom stereocenters. The van der Waals surface area contributed by atoms with Gasteiger partial charge in [-0.15, -0.1) is 0 Å². The lowest BCUT2D eigenvalue weighted by Gasteiger charge is -2.11. The van der Waals surface area contributed by atoms with Crippen LogP contribution in [0.5, 0.6) is 0 Å². The van der Waals surface area contributed by atoms with Gasteiger partial charge in [0.25, 0.3) is 5.91 Å². The molecule has 2 atom stereocenters. The van der Waals surface area contributed by atoms with Crippen molar-refractivity contribution < 1.29 is 9.53 Å². The quantitative estimate of drug-likeness (QED) is 0.773. The van der Waals surface area contributed by atoms with Gasteiger partial charge in [-0.1, -0.05) is 12.0 Å². The van der Waals surface area contributed by atoms with Gasteiger partial charge in [-0.25, -0.2) is 4.98 Å². The average Bonchev–Trinajstić information content (AvgIpc) is 2.83. The van der Waals surface area contributed by atoms with Crippen LogP contribution in [0.1, 0.15) is 25.5 Å². The number of nitrogens with one attached hydrogen (secondary N) is 1. The number of carbonyl (C=O) groups excluding carboxylic acids is 1. The molecule has 1 fully saturated rings. The minimum Gasteiger partial charge on any atom is -0.365 e. The Kier molecular flexibility index (Phi) is 4.50. The first-order valence-corrected chi connectivity index (χ1v) is 6.31. The third-order valence-corrected chi connectivity index (χ3v) is 2.84. The van der Waals surface area contributed by atoms with Crippen molar-refractivity contribution in [1.29, 1.82) is 0 Å². The van der Waals surface area contributed by atoms with E-state index in [9.17, 15) is 4.79 Å². The first-order valence-electron chi connectivity index (χ1n) is 6.31. The molecular weight excluding hydrogens is 242 g/mol. The Morgan fingerprint density at radius 3 is 3.11 bits per heavy atom. The van der Waals surface area contributed by atoms with E-state index in [-0.39, 0.29) is 24.7 Å². The van der Waals surface area contributed by atoms with E-state index >= 15 is 0 Å². The molecular formula is C14H17N3O2. The molecule has 1 saturated heterocycles. The van der Waals surface area contributed by atoms with Crippen LogP contribution in [-0.4, -0.2) is 29.6 Å². The molecule has 1 aliphatic rings. The molecule has 1 aromatic rings. The van der Waals surface area contributed by atoms with Crippen LogP contribution in [0, 0.1) is 11.8 Å². The molecule has 1 aromatic heterocycles. The fourth-order valence-electron chi connectivity index (χ4n) is 1.92. The Morgan fingerprint density at radius 1 is 1.58 bits per heavy atom. The smallest absolute Gasteiger partial charge is 0.254 e. The summed E-state index contributed by atoms with van der Waals surface area (Å²) >= 11 is 0. The number of carbonyl (C=O) groups is 1. The van der Waals surface area contributed by atoms with Gasteiger partial charge in [0, 0.05) is 0 Å². The first kappa shape index (κ1) is 13.5. The van der Waals surface area contributed by atoms with Crippen LogP contribution in [0.2, 0.25) is 0 Å². The predicted molar refractivity (Wildman–Crippen MR) is 72.4 cm³/mol. The van der Waals surface area contributed by atoms with Crippen LogP contribution >= 0.6 is 0 Å². The van der Waals surface area contributed by atoms with Gasteiger partial charge in [-0.2, -0.15) is 0 Å². The summed E-state index contributed by atoms with van der Waals surface area (Å²) in [5.74, 6) is 5.88. The van der Waals surface area contributed by atoms with E-state index in [4.69, 9.17) is 10.5 Å². The van der Waals surface area contributed by atoms with E-state index < -0.39 is 0 Å². The fraction of sp³-hybridized carbons (Fsp3) is 0.429. The normalized spacial score (nSPS) is 21.6. The van der Waals surface area contributed by atoms with Crippen molar-refractivity contribution in [2.45, 2.75) is 32.0 Å². The van der Waals surface area contributed by atoms with E-state index in [0.29, 0.717) is 11.5 Å². The van der Waals surface area contributed by atoms with Crippen molar-refractivity contribution in [3.8, 4) is 11.8 Å². The van der Waals surface area contributed by atoms with E-state index in [0.717, 1.165) is 12.8 Å². The number of hydrogen-bond donors (Lipinski definition) is 2. The molecule has 5 heteroatoms. The van der Waals surface area contributed by atoms with Gasteiger partial charge in [0.1, 0.15) is 17.6 Å². The molecule has 0 aromatic carbocycles. The van der Waals surface area contributed by atoms with Crippen LogP contribution in [-0.2, 0) is 9.53 Å². The lowest BCUT2D eigenvalue weighted by molar-refractivity contribution is -0.126. The topological polar surface area (TPSA) is 77.2 Å². The summed E-state index contributed by atoms with van der Waals surface area (Å²) in [5, 5.41) is 2.75. The number of nitrogens with two attached hydrogens (primary N) is 1. The van der Waals surface area contributed by atoms with Gasteiger partial charge in [0.15, 0.2) is 0 Å². The van der Waals surface area contributed by atoms with Crippen LogP contribution in [0.25, 0.3) is 0 Å². The highest BCUT2D eigenvalue weighted by Crippen LogP contribution is 2.20. The molecule has 0 saturated carbocycles. The molecule has 0 aliphatic carbocycles. The summed E-state index contributed by atoms with van der Waals surface area (Å²) < 4.78 is 5.51. The van der Waals surface area contributed by atoms with Crippen LogP contribution in [0.15, 0.2) is 18.2 Å². The number of aromatic nitrogens is 1. The highest BCUT2D eigenvalue weighted by Gasteiger charge is 2.28. The van der Waals surface area contributed by atoms with Crippen molar-refractivity contribution in [3.63, 3.8) is 0 Å². The third-order valence-electron chi connectivity index (χ3n) is 2.84. The van der Waals surface area contributed by atoms with Crippen molar-refractivity contribution in [2.24, 2.45) is 5.73 Å². The lowest BCUT2D eigenvalue weighted by atomic mass is 10.2. The minimum atomic E-state index is -0.379. The molecule has 2 heterocycles. The maximum absolute atomic E-state index is 12.0. The summed E-state index contributed by atoms with van der Waals surface area (Å²) in [4.78, 5) is 16.2. The second kappa shape index (κ2) is 6.32. The van der Waals surface area contributed by atoms with E-state index in [1.54, 1.807) is 18.2 Å². The van der Waals surface area contributed by atoms with Gasteiger partial charge in [0.2, 0.25) is 0 Å². The number of rotatable bonds is 2. The van der Waals surface area contributed by atoms with Gasteiger partial charge >= 0.3 is 0 Å². The van der Waals surface area contributed by atoms with Gasteiger partial charge < -0.3 is 15.8 Å². The zero-order valence-electron chi connectivity index (χ0n) is 10.8. The Morgan fingerprint density at radius 2 is 2.42 bits per heavy atom. The maximum atomic E-state index is 12.0. The van der Waals surface area contributed by atoms with Gasteiger partial charge in [-0.3, -0.25) is 4.79 Å². The molecule has 100 valence electrons. The largest absolute Gasteiger partial charge is 0.365 e. The molecule has 0 radical (unpaired) electrons. The third kappa shape index (κ3) is 3.78. The average molecular weight is 259 g/mol. The second-order valence-electron chi connectivity index (χ2n) is 4.42. The molecule has 0 spiro atoms. The Bertz CT molecular complexity index is 519. The van der Waals surface area contributed by atoms with Crippen molar-refractivity contribution >= 4 is 11.7 Å². The number of anilines is 1. The van der Waals surface area contributed by atoms with Crippen molar-refractivity contribution in [1.82, 2.24) is 4.98 Å². The highest BCUT2D eigenvalue weighted by atomic mass is 16.5. The summed E-state index contributed by atoms with van der Waals surface area (Å²) in [6.07, 6.45) is 1.42.